The normalized spacial score (nSPS) is 15.9. The number of hydrogen-bond donors (Lipinski definition) is 0. The summed E-state index contributed by atoms with van der Waals surface area (Å²) in [4.78, 5) is 80.0. The van der Waals surface area contributed by atoms with Crippen LogP contribution in [0.1, 0.15) is 525 Å². The summed E-state index contributed by atoms with van der Waals surface area (Å²) in [6, 6.07) is 24.4. The summed E-state index contributed by atoms with van der Waals surface area (Å²) in [5.41, 5.74) is 9.92. The van der Waals surface area contributed by atoms with E-state index in [1.54, 1.807) is 34.0 Å². The molecule has 5 aliphatic heterocycles. The third kappa shape index (κ3) is 38.3. The van der Waals surface area contributed by atoms with Gasteiger partial charge in [-0.15, -0.1) is 68.0 Å². The first-order valence-corrected chi connectivity index (χ1v) is 68.1. The van der Waals surface area contributed by atoms with Crippen molar-refractivity contribution in [1.29, 1.82) is 0 Å². The summed E-state index contributed by atoms with van der Waals surface area (Å²) in [6.45, 7) is 36.3. The van der Waals surface area contributed by atoms with Gasteiger partial charge in [0.2, 0.25) is 0 Å². The second-order valence-corrected chi connectivity index (χ2v) is 54.9. The molecule has 1 fully saturated rings. The number of nitrogens with zero attached hydrogens (tertiary/aromatic N) is 4. The van der Waals surface area contributed by atoms with Crippen molar-refractivity contribution >= 4 is 170 Å². The minimum absolute atomic E-state index is 0.0248. The summed E-state index contributed by atoms with van der Waals surface area (Å²) in [7, 11) is -0.193. The van der Waals surface area contributed by atoms with Gasteiger partial charge in [-0.2, -0.15) is 11.3 Å². The topological polar surface area (TPSA) is 99.7 Å². The molecule has 4 atom stereocenters. The third-order valence-electron chi connectivity index (χ3n) is 32.2. The molecule has 0 radical (unpaired) electrons. The predicted octanol–water partition coefficient (Wildman–Crippen LogP) is 42.0. The molecular formula is C128H197BBr2N4O6S7. The number of carbonyl (C=O) groups excluding carboxylic acids is 4. The molecule has 7 aromatic rings. The van der Waals surface area contributed by atoms with Gasteiger partial charge >= 0.3 is 7.12 Å². The highest BCUT2D eigenvalue weighted by Gasteiger charge is 2.55. The predicted molar refractivity (Wildman–Crippen MR) is 658 cm³/mol. The summed E-state index contributed by atoms with van der Waals surface area (Å²) >= 11 is 19.8. The summed E-state index contributed by atoms with van der Waals surface area (Å²) in [5.74, 6) is 1.80. The number of unbranched alkanes of at least 4 members (excludes halogenated alkanes) is 41. The SMILES string of the molecule is CCCCCCCCC(CCCCCC)CN1C(=O)C2=C(c3ccc(-c4sccc4CCCCCC)s3)N(CC(CCCCCC)CCCCCCCC)C(=O)C2=C1c1ccc(-c2sccc2CCCCCC)s1.CCCCCCCCC(CCCCCC)CN1C(=O)C2=C(c3ccc(Br)s3)N(CC(CCCCCC)CCCCCCCC)C(=O)C2=C1c1ccc(Br)s1.CCCCCCc1ccsc1B1OC(C)(C)C(C)(C)O1. The van der Waals surface area contributed by atoms with E-state index in [4.69, 9.17) is 9.31 Å². The lowest BCUT2D eigenvalue weighted by atomic mass is 9.83. The van der Waals surface area contributed by atoms with Crippen LogP contribution in [0.2, 0.25) is 0 Å². The molecular weight excluding hydrogens is 2080 g/mol. The van der Waals surface area contributed by atoms with Crippen molar-refractivity contribution in [2.45, 2.75) is 520 Å². The number of amides is 4. The maximum absolute atomic E-state index is 16.0. The second kappa shape index (κ2) is 69.7. The van der Waals surface area contributed by atoms with Crippen LogP contribution in [0.25, 0.3) is 42.3 Å². The van der Waals surface area contributed by atoms with Gasteiger partial charge in [-0.05, 0) is 273 Å². The van der Waals surface area contributed by atoms with Crippen LogP contribution < -0.4 is 4.78 Å². The van der Waals surface area contributed by atoms with E-state index in [1.807, 2.05) is 55.1 Å². The lowest BCUT2D eigenvalue weighted by Gasteiger charge is -2.32. The lowest BCUT2D eigenvalue weighted by molar-refractivity contribution is -0.124. The van der Waals surface area contributed by atoms with Gasteiger partial charge in [0, 0.05) is 50.5 Å². The van der Waals surface area contributed by atoms with Crippen molar-refractivity contribution in [3.05, 3.63) is 149 Å². The first-order chi connectivity index (χ1) is 72.1. The van der Waals surface area contributed by atoms with Crippen LogP contribution in [0.5, 0.6) is 0 Å². The lowest BCUT2D eigenvalue weighted by Crippen LogP contribution is -2.41. The van der Waals surface area contributed by atoms with Crippen molar-refractivity contribution in [2.75, 3.05) is 26.2 Å². The van der Waals surface area contributed by atoms with Gasteiger partial charge in [0.05, 0.1) is 83.4 Å². The molecule has 7 aromatic heterocycles. The molecule has 0 saturated carbocycles. The van der Waals surface area contributed by atoms with Gasteiger partial charge < -0.3 is 28.9 Å². The average molecular weight is 2280 g/mol. The number of fused-ring (bicyclic) bond motifs is 2. The van der Waals surface area contributed by atoms with E-state index >= 15 is 19.2 Å². The zero-order chi connectivity index (χ0) is 106. The van der Waals surface area contributed by atoms with Crippen molar-refractivity contribution in [3.63, 3.8) is 0 Å². The Morgan fingerprint density at radius 2 is 0.466 bits per heavy atom. The maximum Gasteiger partial charge on any atom is 0.505 e. The zero-order valence-electron chi connectivity index (χ0n) is 95.2. The van der Waals surface area contributed by atoms with E-state index in [-0.39, 0.29) is 41.9 Å². The number of hydrogen-bond acceptors (Lipinski definition) is 13. The molecule has 4 amide bonds. The smallest absolute Gasteiger partial charge is 0.399 e. The number of rotatable bonds is 78. The molecule has 5 aliphatic rings. The molecule has 0 aromatic carbocycles. The van der Waals surface area contributed by atoms with Crippen LogP contribution in [-0.4, -0.2) is 87.7 Å². The summed E-state index contributed by atoms with van der Waals surface area (Å²) in [6.07, 6.45) is 78.0. The van der Waals surface area contributed by atoms with E-state index in [0.29, 0.717) is 72.1 Å². The van der Waals surface area contributed by atoms with Crippen LogP contribution in [0.3, 0.4) is 0 Å². The number of carbonyl (C=O) groups is 4. The first-order valence-electron chi connectivity index (χ1n) is 60.6. The average Bonchev–Trinajstić information content (AvgIpc) is 1.55. The quantitative estimate of drug-likeness (QED) is 0.0278. The van der Waals surface area contributed by atoms with E-state index in [2.05, 4.69) is 228 Å². The molecule has 0 aliphatic carbocycles. The molecule has 10 nitrogen and oxygen atoms in total. The van der Waals surface area contributed by atoms with E-state index in [0.717, 1.165) is 120 Å². The highest BCUT2D eigenvalue weighted by atomic mass is 79.9. The maximum atomic E-state index is 16.0. The molecule has 20 heteroatoms. The number of aryl methyl sites for hydroxylation is 3. The Hall–Kier alpha value is -4.32. The van der Waals surface area contributed by atoms with Crippen molar-refractivity contribution < 1.29 is 28.5 Å². The third-order valence-corrected chi connectivity index (χ3v) is 40.9. The van der Waals surface area contributed by atoms with Crippen LogP contribution in [-0.2, 0) is 47.7 Å². The molecule has 12 heterocycles. The van der Waals surface area contributed by atoms with Gasteiger partial charge in [0.1, 0.15) is 0 Å². The number of halogens is 2. The molecule has 0 N–H and O–H groups in total. The molecule has 824 valence electrons. The Morgan fingerprint density at radius 3 is 0.723 bits per heavy atom. The van der Waals surface area contributed by atoms with Gasteiger partial charge in [-0.1, -0.05) is 391 Å². The van der Waals surface area contributed by atoms with E-state index < -0.39 is 0 Å². The minimum atomic E-state index is -0.249. The van der Waals surface area contributed by atoms with Crippen LogP contribution in [0.4, 0.5) is 0 Å². The molecule has 0 spiro atoms. The van der Waals surface area contributed by atoms with Gasteiger partial charge in [0.15, 0.2) is 0 Å². The fraction of sp³-hybridized carbons (Fsp3) is 0.688. The summed E-state index contributed by atoms with van der Waals surface area (Å²) < 4.78 is 15.6. The highest BCUT2D eigenvalue weighted by Crippen LogP contribution is 2.55. The molecule has 12 rings (SSSR count). The van der Waals surface area contributed by atoms with Crippen LogP contribution in [0.15, 0.2) is 113 Å². The Balaban J connectivity index is 0.000000262. The Labute approximate surface area is 947 Å². The van der Waals surface area contributed by atoms with Crippen LogP contribution >= 0.6 is 111 Å². The van der Waals surface area contributed by atoms with Crippen molar-refractivity contribution in [1.82, 2.24) is 19.6 Å². The fourth-order valence-electron chi connectivity index (χ4n) is 22.6. The minimum Gasteiger partial charge on any atom is -0.399 e. The van der Waals surface area contributed by atoms with E-state index in [9.17, 15) is 0 Å². The summed E-state index contributed by atoms with van der Waals surface area (Å²) in [5, 5.41) is 6.69. The van der Waals surface area contributed by atoms with Gasteiger partial charge in [-0.25, -0.2) is 0 Å². The van der Waals surface area contributed by atoms with Crippen LogP contribution in [0, 0.1) is 23.7 Å². The largest absolute Gasteiger partial charge is 0.505 e. The first kappa shape index (κ1) is 125. The standard InChI is InChI=1S/C66H100N2O2S4.C46H70Br2N2O2S2.C16H27BO2S/c1-7-13-19-25-27-31-37-51(35-29-21-15-9-3)49-67-61(55-41-43-57(73-55)63-53(45-47-71-63)39-33-23-17-11-5)59-60(65(67)69)62(56-42-44-58(74-56)64-54(46-48-72-64)40-34-24-18-12-6)68(66(59)70)50-52(36-30-22-16-10-4)38-32-28-26-20-14-8-2;1-5-9-13-17-19-23-27-35(25-21-15-11-7-3)33-49-43(37-29-31-39(47)53-37)41-42(45(49)51)44(38-30-32-40(48)54-38)50(46(41)52)34-36(26-22-16-12-8-4)28-24-20-18-14-10-6-2;1-6-7-8-9-10-13-11-12-20-14(13)17-18-15(2,3)16(4,5)19-17/h41-48,51-52H,7-40,49-50H2,1-6H3;29-32,35-36H,5-28,33-34H2,1-4H3;11-12H,6-10H2,1-5H3. The van der Waals surface area contributed by atoms with Crippen molar-refractivity contribution in [2.24, 2.45) is 23.7 Å². The highest BCUT2D eigenvalue weighted by molar-refractivity contribution is 9.11. The Morgan fingerprint density at radius 1 is 0.257 bits per heavy atom. The Bertz CT molecular complexity index is 4820. The molecule has 148 heavy (non-hydrogen) atoms. The number of thiophene rings is 7. The molecule has 0 bridgehead atoms. The molecule has 4 unspecified atom stereocenters. The van der Waals surface area contributed by atoms with Gasteiger partial charge in [-0.3, -0.25) is 19.2 Å². The van der Waals surface area contributed by atoms with Crippen molar-refractivity contribution in [3.8, 4) is 19.5 Å². The van der Waals surface area contributed by atoms with Gasteiger partial charge in [0.25, 0.3) is 23.6 Å². The van der Waals surface area contributed by atoms with E-state index in [1.165, 1.54) is 375 Å². The Kier molecular flexibility index (Phi) is 59.1. The molecule has 1 saturated heterocycles. The monoisotopic (exact) mass is 2280 g/mol. The second-order valence-electron chi connectivity index (χ2n) is 45.1. The zero-order valence-corrected chi connectivity index (χ0v) is 104. The fourth-order valence-corrected chi connectivity index (χ4v) is 30.8.